The number of carbonyl (C=O) groups is 2. The molecule has 28 heavy (non-hydrogen) atoms. The Balaban J connectivity index is 1.68. The third kappa shape index (κ3) is 5.97. The van der Waals surface area contributed by atoms with Crippen LogP contribution in [0.2, 0.25) is 0 Å². The average molecular weight is 390 g/mol. The van der Waals surface area contributed by atoms with Crippen LogP contribution in [-0.4, -0.2) is 53.4 Å². The first kappa shape index (κ1) is 20.7. The fourth-order valence-corrected chi connectivity index (χ4v) is 2.21. The van der Waals surface area contributed by atoms with Gasteiger partial charge in [0.05, 0.1) is 6.61 Å². The van der Waals surface area contributed by atoms with E-state index in [0.717, 1.165) is 12.1 Å². The first-order chi connectivity index (χ1) is 13.4. The Morgan fingerprint density at radius 2 is 1.43 bits per heavy atom. The number of phenols is 3. The van der Waals surface area contributed by atoms with Gasteiger partial charge in [-0.25, -0.2) is 0 Å². The van der Waals surface area contributed by atoms with Crippen LogP contribution in [0, 0.1) is 0 Å². The van der Waals surface area contributed by atoms with E-state index in [9.17, 15) is 24.9 Å². The van der Waals surface area contributed by atoms with Crippen molar-refractivity contribution in [3.8, 4) is 28.7 Å². The summed E-state index contributed by atoms with van der Waals surface area (Å²) in [6.07, 6.45) is 0. The smallest absolute Gasteiger partial charge is 0.258 e. The molecule has 0 fully saturated rings. The van der Waals surface area contributed by atoms with Gasteiger partial charge in [-0.1, -0.05) is 0 Å². The summed E-state index contributed by atoms with van der Waals surface area (Å²) in [7, 11) is 0. The van der Waals surface area contributed by atoms with E-state index >= 15 is 0 Å². The van der Waals surface area contributed by atoms with Gasteiger partial charge in [0, 0.05) is 18.7 Å². The van der Waals surface area contributed by atoms with Crippen molar-refractivity contribution in [3.05, 3.63) is 42.0 Å². The van der Waals surface area contributed by atoms with Crippen molar-refractivity contribution in [1.82, 2.24) is 10.6 Å². The predicted octanol–water partition coefficient (Wildman–Crippen LogP) is 1.13. The second-order valence-corrected chi connectivity index (χ2v) is 5.66. The number of rotatable bonds is 9. The molecule has 0 bridgehead atoms. The predicted molar refractivity (Wildman–Crippen MR) is 99.9 cm³/mol. The number of carbonyl (C=O) groups excluding carboxylic acids is 2. The van der Waals surface area contributed by atoms with Crippen LogP contribution >= 0.6 is 0 Å². The summed E-state index contributed by atoms with van der Waals surface area (Å²) in [5.41, 5.74) is -0.0297. The number of ether oxygens (including phenoxy) is 2. The van der Waals surface area contributed by atoms with Crippen LogP contribution in [-0.2, 0) is 4.79 Å². The van der Waals surface area contributed by atoms with Gasteiger partial charge in [0.1, 0.15) is 11.5 Å². The summed E-state index contributed by atoms with van der Waals surface area (Å²) in [4.78, 5) is 23.7. The van der Waals surface area contributed by atoms with Gasteiger partial charge in [-0.3, -0.25) is 9.59 Å². The van der Waals surface area contributed by atoms with Crippen molar-refractivity contribution in [2.75, 3.05) is 26.3 Å². The zero-order valence-electron chi connectivity index (χ0n) is 15.3. The molecule has 2 aromatic rings. The van der Waals surface area contributed by atoms with Crippen molar-refractivity contribution < 1.29 is 34.4 Å². The molecule has 0 radical (unpaired) electrons. The minimum absolute atomic E-state index is 0.0297. The molecule has 0 saturated heterocycles. The van der Waals surface area contributed by atoms with Gasteiger partial charge in [-0.05, 0) is 43.3 Å². The second kappa shape index (κ2) is 9.91. The van der Waals surface area contributed by atoms with Crippen LogP contribution < -0.4 is 20.1 Å². The molecule has 0 heterocycles. The molecule has 2 aromatic carbocycles. The number of phenolic OH excluding ortho intramolecular Hbond substituents is 3. The summed E-state index contributed by atoms with van der Waals surface area (Å²) in [6, 6.07) is 8.92. The molecule has 0 spiro atoms. The van der Waals surface area contributed by atoms with E-state index in [1.165, 1.54) is 0 Å². The Kier molecular flexibility index (Phi) is 7.32. The Bertz CT molecular complexity index is 799. The number of benzene rings is 2. The minimum Gasteiger partial charge on any atom is -0.504 e. The summed E-state index contributed by atoms with van der Waals surface area (Å²) in [5, 5.41) is 33.2. The molecular formula is C19H22N2O7. The molecule has 5 N–H and O–H groups in total. The maximum Gasteiger partial charge on any atom is 0.258 e. The lowest BCUT2D eigenvalue weighted by atomic mass is 10.1. The van der Waals surface area contributed by atoms with Crippen LogP contribution in [0.5, 0.6) is 28.7 Å². The first-order valence-corrected chi connectivity index (χ1v) is 8.56. The van der Waals surface area contributed by atoms with Gasteiger partial charge in [-0.2, -0.15) is 0 Å². The maximum absolute atomic E-state index is 11.9. The van der Waals surface area contributed by atoms with E-state index in [1.807, 2.05) is 6.92 Å². The van der Waals surface area contributed by atoms with Crippen molar-refractivity contribution in [3.63, 3.8) is 0 Å². The lowest BCUT2D eigenvalue weighted by molar-refractivity contribution is -0.123. The standard InChI is InChI=1S/C19H22N2O7/c1-2-27-13-3-5-14(6-4-13)28-11-17(24)20-7-8-21-19(26)12-9-15(22)18(25)16(23)10-12/h3-6,9-10,22-23,25H,2,7-8,11H2,1H3,(H,20,24)(H,21,26). The van der Waals surface area contributed by atoms with Crippen LogP contribution in [0.15, 0.2) is 36.4 Å². The van der Waals surface area contributed by atoms with Crippen molar-refractivity contribution in [2.24, 2.45) is 0 Å². The number of aromatic hydroxyl groups is 3. The zero-order valence-corrected chi connectivity index (χ0v) is 15.3. The van der Waals surface area contributed by atoms with E-state index in [2.05, 4.69) is 10.6 Å². The van der Waals surface area contributed by atoms with Crippen LogP contribution in [0.3, 0.4) is 0 Å². The van der Waals surface area contributed by atoms with E-state index < -0.39 is 23.2 Å². The largest absolute Gasteiger partial charge is 0.504 e. The first-order valence-electron chi connectivity index (χ1n) is 8.56. The molecule has 0 atom stereocenters. The van der Waals surface area contributed by atoms with Gasteiger partial charge in [0.2, 0.25) is 0 Å². The Morgan fingerprint density at radius 1 is 0.893 bits per heavy atom. The highest BCUT2D eigenvalue weighted by atomic mass is 16.5. The van der Waals surface area contributed by atoms with Crippen LogP contribution in [0.25, 0.3) is 0 Å². The number of amides is 2. The van der Waals surface area contributed by atoms with Gasteiger partial charge >= 0.3 is 0 Å². The molecule has 0 aliphatic rings. The van der Waals surface area contributed by atoms with Crippen LogP contribution in [0.1, 0.15) is 17.3 Å². The minimum atomic E-state index is -0.698. The monoisotopic (exact) mass is 390 g/mol. The normalized spacial score (nSPS) is 10.2. The number of hydrogen-bond acceptors (Lipinski definition) is 7. The van der Waals surface area contributed by atoms with Crippen LogP contribution in [0.4, 0.5) is 0 Å². The molecule has 0 aliphatic carbocycles. The van der Waals surface area contributed by atoms with Gasteiger partial charge in [-0.15, -0.1) is 0 Å². The highest BCUT2D eigenvalue weighted by Crippen LogP contribution is 2.35. The third-order valence-electron chi connectivity index (χ3n) is 3.57. The highest BCUT2D eigenvalue weighted by molar-refractivity contribution is 5.95. The second-order valence-electron chi connectivity index (χ2n) is 5.66. The maximum atomic E-state index is 11.9. The quantitative estimate of drug-likeness (QED) is 0.320. The Morgan fingerprint density at radius 3 is 2.00 bits per heavy atom. The summed E-state index contributed by atoms with van der Waals surface area (Å²) in [5.74, 6) is -1.61. The summed E-state index contributed by atoms with van der Waals surface area (Å²) < 4.78 is 10.7. The molecule has 9 heteroatoms. The fourth-order valence-electron chi connectivity index (χ4n) is 2.21. The fraction of sp³-hybridized carbons (Fsp3) is 0.263. The third-order valence-corrected chi connectivity index (χ3v) is 3.57. The number of hydrogen-bond donors (Lipinski definition) is 5. The summed E-state index contributed by atoms with van der Waals surface area (Å²) >= 11 is 0. The molecular weight excluding hydrogens is 368 g/mol. The van der Waals surface area contributed by atoms with Crippen molar-refractivity contribution in [2.45, 2.75) is 6.92 Å². The van der Waals surface area contributed by atoms with E-state index in [4.69, 9.17) is 9.47 Å². The molecule has 2 rings (SSSR count). The lowest BCUT2D eigenvalue weighted by Gasteiger charge is -2.10. The van der Waals surface area contributed by atoms with Gasteiger partial charge in [0.25, 0.3) is 11.8 Å². The van der Waals surface area contributed by atoms with E-state index in [0.29, 0.717) is 18.1 Å². The lowest BCUT2D eigenvalue weighted by Crippen LogP contribution is -2.36. The summed E-state index contributed by atoms with van der Waals surface area (Å²) in [6.45, 7) is 2.55. The number of nitrogens with one attached hydrogen (secondary N) is 2. The van der Waals surface area contributed by atoms with E-state index in [-0.39, 0.29) is 31.2 Å². The topological polar surface area (TPSA) is 137 Å². The Hall–Kier alpha value is -3.62. The molecule has 0 aromatic heterocycles. The zero-order chi connectivity index (χ0) is 20.5. The molecule has 0 unspecified atom stereocenters. The molecule has 2 amide bonds. The van der Waals surface area contributed by atoms with Crippen molar-refractivity contribution >= 4 is 11.8 Å². The van der Waals surface area contributed by atoms with Crippen molar-refractivity contribution in [1.29, 1.82) is 0 Å². The SMILES string of the molecule is CCOc1ccc(OCC(=O)NCCNC(=O)c2cc(O)c(O)c(O)c2)cc1. The van der Waals surface area contributed by atoms with Gasteiger partial charge < -0.3 is 35.4 Å². The van der Waals surface area contributed by atoms with Gasteiger partial charge in [0.15, 0.2) is 23.9 Å². The molecule has 0 saturated carbocycles. The molecule has 9 nitrogen and oxygen atoms in total. The molecule has 0 aliphatic heterocycles. The average Bonchev–Trinajstić information content (AvgIpc) is 2.68. The highest BCUT2D eigenvalue weighted by Gasteiger charge is 2.13. The Labute approximate surface area is 161 Å². The van der Waals surface area contributed by atoms with E-state index in [1.54, 1.807) is 24.3 Å². The molecule has 150 valence electrons.